The van der Waals surface area contributed by atoms with E-state index in [9.17, 15) is 14.7 Å². The summed E-state index contributed by atoms with van der Waals surface area (Å²) in [5.41, 5.74) is -0.122. The molecule has 0 spiro atoms. The van der Waals surface area contributed by atoms with Crippen LogP contribution >= 0.6 is 11.3 Å². The highest BCUT2D eigenvalue weighted by Crippen LogP contribution is 2.42. The number of aryl methyl sites for hydroxylation is 1. The number of furan rings is 2. The van der Waals surface area contributed by atoms with Gasteiger partial charge in [0.1, 0.15) is 16.8 Å². The van der Waals surface area contributed by atoms with Crippen molar-refractivity contribution in [1.29, 1.82) is 0 Å². The zero-order valence-corrected chi connectivity index (χ0v) is 13.7. The van der Waals surface area contributed by atoms with Crippen molar-refractivity contribution < 1.29 is 23.5 Å². The second-order valence-corrected chi connectivity index (χ2v) is 6.43. The fourth-order valence-electron chi connectivity index (χ4n) is 2.67. The SMILES string of the molecule is Cc1nnc(N2C(=O)C(O)=C(C(=O)c3ccco3)C2c2ccco2)s1. The number of anilines is 1. The number of Topliss-reactive ketones (excluding diaryl/α,β-unsaturated/α-hetero) is 1. The number of amides is 1. The third kappa shape index (κ3) is 2.36. The Morgan fingerprint density at radius 3 is 2.60 bits per heavy atom. The fraction of sp³-hybridized carbons (Fsp3) is 0.125. The standard InChI is InChI=1S/C16H11N3O5S/c1-8-17-18-16(25-8)19-12(9-4-2-6-23-9)11(14(21)15(19)22)13(20)10-5-3-7-24-10/h2-7,12,21H,1H3. The quantitative estimate of drug-likeness (QED) is 0.715. The van der Waals surface area contributed by atoms with Gasteiger partial charge in [-0.1, -0.05) is 11.3 Å². The van der Waals surface area contributed by atoms with Crippen LogP contribution in [0.5, 0.6) is 0 Å². The number of aromatic nitrogens is 2. The third-order valence-corrected chi connectivity index (χ3v) is 4.57. The lowest BCUT2D eigenvalue weighted by molar-refractivity contribution is -0.117. The van der Waals surface area contributed by atoms with Gasteiger partial charge in [-0.05, 0) is 31.2 Å². The van der Waals surface area contributed by atoms with Crippen molar-refractivity contribution in [3.63, 3.8) is 0 Å². The lowest BCUT2D eigenvalue weighted by Gasteiger charge is -2.21. The van der Waals surface area contributed by atoms with Crippen LogP contribution in [0.1, 0.15) is 27.4 Å². The van der Waals surface area contributed by atoms with Crippen molar-refractivity contribution >= 4 is 28.2 Å². The first-order valence-electron chi connectivity index (χ1n) is 7.26. The summed E-state index contributed by atoms with van der Waals surface area (Å²) < 4.78 is 10.5. The van der Waals surface area contributed by atoms with Gasteiger partial charge in [-0.2, -0.15) is 0 Å². The second-order valence-electron chi connectivity index (χ2n) is 5.27. The number of nitrogens with zero attached hydrogens (tertiary/aromatic N) is 3. The Labute approximate surface area is 145 Å². The molecule has 0 aliphatic carbocycles. The highest BCUT2D eigenvalue weighted by molar-refractivity contribution is 7.15. The number of hydrogen-bond donors (Lipinski definition) is 1. The number of rotatable bonds is 4. The molecule has 9 heteroatoms. The van der Waals surface area contributed by atoms with E-state index in [2.05, 4.69) is 10.2 Å². The highest BCUT2D eigenvalue weighted by atomic mass is 32.1. The summed E-state index contributed by atoms with van der Waals surface area (Å²) in [5, 5.41) is 19.1. The van der Waals surface area contributed by atoms with Crippen molar-refractivity contribution in [1.82, 2.24) is 10.2 Å². The Morgan fingerprint density at radius 1 is 1.24 bits per heavy atom. The summed E-state index contributed by atoms with van der Waals surface area (Å²) in [6, 6.07) is 5.31. The zero-order chi connectivity index (χ0) is 17.6. The van der Waals surface area contributed by atoms with Crippen LogP contribution in [0.2, 0.25) is 0 Å². The topological polar surface area (TPSA) is 110 Å². The van der Waals surface area contributed by atoms with Gasteiger partial charge in [0, 0.05) is 0 Å². The van der Waals surface area contributed by atoms with E-state index in [-0.39, 0.29) is 16.5 Å². The zero-order valence-electron chi connectivity index (χ0n) is 12.9. The minimum Gasteiger partial charge on any atom is -0.503 e. The molecule has 4 heterocycles. The van der Waals surface area contributed by atoms with Gasteiger partial charge >= 0.3 is 0 Å². The highest BCUT2D eigenvalue weighted by Gasteiger charge is 2.47. The summed E-state index contributed by atoms with van der Waals surface area (Å²) in [6.07, 6.45) is 2.77. The Morgan fingerprint density at radius 2 is 2.00 bits per heavy atom. The van der Waals surface area contributed by atoms with Crippen LogP contribution in [0, 0.1) is 6.92 Å². The molecule has 3 aromatic heterocycles. The Bertz CT molecular complexity index is 972. The lowest BCUT2D eigenvalue weighted by Crippen LogP contribution is -2.30. The number of carbonyl (C=O) groups is 2. The first-order valence-corrected chi connectivity index (χ1v) is 8.08. The van der Waals surface area contributed by atoms with E-state index in [1.807, 2.05) is 0 Å². The minimum absolute atomic E-state index is 0.0150. The molecule has 126 valence electrons. The van der Waals surface area contributed by atoms with Gasteiger partial charge in [-0.15, -0.1) is 10.2 Å². The minimum atomic E-state index is -0.951. The predicted octanol–water partition coefficient (Wildman–Crippen LogP) is 2.82. The monoisotopic (exact) mass is 357 g/mol. The molecular weight excluding hydrogens is 346 g/mol. The molecule has 1 aliphatic heterocycles. The van der Waals surface area contributed by atoms with E-state index in [0.717, 1.165) is 0 Å². The normalized spacial score (nSPS) is 17.6. The number of aliphatic hydroxyl groups excluding tert-OH is 1. The van der Waals surface area contributed by atoms with Gasteiger partial charge in [0.25, 0.3) is 5.91 Å². The van der Waals surface area contributed by atoms with Crippen LogP contribution in [-0.2, 0) is 4.79 Å². The van der Waals surface area contributed by atoms with Gasteiger partial charge < -0.3 is 13.9 Å². The molecule has 1 aliphatic rings. The van der Waals surface area contributed by atoms with E-state index >= 15 is 0 Å². The first kappa shape index (κ1) is 15.3. The van der Waals surface area contributed by atoms with Crippen LogP contribution in [0.25, 0.3) is 0 Å². The van der Waals surface area contributed by atoms with Crippen LogP contribution in [0.15, 0.2) is 57.0 Å². The molecule has 25 heavy (non-hydrogen) atoms. The van der Waals surface area contributed by atoms with Crippen molar-refractivity contribution in [2.75, 3.05) is 4.90 Å². The van der Waals surface area contributed by atoms with Crippen LogP contribution in [0.3, 0.4) is 0 Å². The van der Waals surface area contributed by atoms with E-state index < -0.39 is 23.5 Å². The molecule has 1 atom stereocenters. The Hall–Kier alpha value is -3.20. The largest absolute Gasteiger partial charge is 0.503 e. The van der Waals surface area contributed by atoms with Gasteiger partial charge in [-0.25, -0.2) is 0 Å². The number of hydrogen-bond acceptors (Lipinski definition) is 8. The number of ketones is 1. The molecule has 0 saturated carbocycles. The van der Waals surface area contributed by atoms with E-state index in [1.54, 1.807) is 25.1 Å². The van der Waals surface area contributed by atoms with Crippen LogP contribution in [-0.4, -0.2) is 27.0 Å². The summed E-state index contributed by atoms with van der Waals surface area (Å²) in [6.45, 7) is 1.74. The second kappa shape index (κ2) is 5.71. The van der Waals surface area contributed by atoms with Gasteiger partial charge in [0.15, 0.2) is 11.5 Å². The third-order valence-electron chi connectivity index (χ3n) is 3.73. The number of carbonyl (C=O) groups excluding carboxylic acids is 2. The fourth-order valence-corrected chi connectivity index (χ4v) is 3.39. The Balaban J connectivity index is 1.86. The van der Waals surface area contributed by atoms with E-state index in [4.69, 9.17) is 8.83 Å². The molecule has 0 fully saturated rings. The predicted molar refractivity (Wildman–Crippen MR) is 86.3 cm³/mol. The molecule has 0 saturated heterocycles. The van der Waals surface area contributed by atoms with Crippen molar-refractivity contribution in [2.24, 2.45) is 0 Å². The summed E-state index contributed by atoms with van der Waals surface area (Å²) >= 11 is 1.17. The van der Waals surface area contributed by atoms with Gasteiger partial charge in [0.2, 0.25) is 10.9 Å². The maximum atomic E-state index is 12.8. The Kier molecular flexibility index (Phi) is 3.50. The molecule has 0 aromatic carbocycles. The molecule has 1 N–H and O–H groups in total. The van der Waals surface area contributed by atoms with E-state index in [0.29, 0.717) is 10.8 Å². The smallest absolute Gasteiger partial charge is 0.296 e. The van der Waals surface area contributed by atoms with Crippen LogP contribution in [0.4, 0.5) is 5.13 Å². The molecule has 8 nitrogen and oxygen atoms in total. The van der Waals surface area contributed by atoms with E-state index in [1.165, 1.54) is 34.8 Å². The van der Waals surface area contributed by atoms with Crippen molar-refractivity contribution in [3.8, 4) is 0 Å². The maximum Gasteiger partial charge on any atom is 0.296 e. The molecule has 1 amide bonds. The lowest BCUT2D eigenvalue weighted by atomic mass is 10.00. The van der Waals surface area contributed by atoms with Crippen LogP contribution < -0.4 is 4.90 Å². The van der Waals surface area contributed by atoms with Gasteiger partial charge in [-0.3, -0.25) is 14.5 Å². The molecule has 3 aromatic rings. The molecule has 4 rings (SSSR count). The molecular formula is C16H11N3O5S. The molecule has 1 unspecified atom stereocenters. The summed E-state index contributed by atoms with van der Waals surface area (Å²) in [5.74, 6) is -1.66. The molecule has 0 radical (unpaired) electrons. The summed E-state index contributed by atoms with van der Waals surface area (Å²) in [4.78, 5) is 26.6. The maximum absolute atomic E-state index is 12.8. The molecule has 0 bridgehead atoms. The average molecular weight is 357 g/mol. The number of aliphatic hydroxyl groups is 1. The first-order chi connectivity index (χ1) is 12.1. The van der Waals surface area contributed by atoms with Crippen molar-refractivity contribution in [2.45, 2.75) is 13.0 Å². The van der Waals surface area contributed by atoms with Gasteiger partial charge in [0.05, 0.1) is 18.1 Å². The summed E-state index contributed by atoms with van der Waals surface area (Å²) in [7, 11) is 0. The van der Waals surface area contributed by atoms with Crippen molar-refractivity contribution in [3.05, 3.63) is 64.7 Å². The average Bonchev–Trinajstić information content (AvgIpc) is 3.36.